The maximum Gasteiger partial charge on any atom is 0.217 e. The third-order valence-electron chi connectivity index (χ3n) is 3.31. The van der Waals surface area contributed by atoms with E-state index in [1.807, 2.05) is 20.0 Å². The van der Waals surface area contributed by atoms with Crippen LogP contribution < -0.4 is 15.5 Å². The fourth-order valence-corrected chi connectivity index (χ4v) is 2.38. The maximum absolute atomic E-state index is 11.0. The van der Waals surface area contributed by atoms with Gasteiger partial charge < -0.3 is 15.5 Å². The van der Waals surface area contributed by atoms with Crippen molar-refractivity contribution >= 4 is 17.5 Å². The summed E-state index contributed by atoms with van der Waals surface area (Å²) in [6.45, 7) is 5.28. The van der Waals surface area contributed by atoms with Crippen molar-refractivity contribution in [2.75, 3.05) is 30.4 Å². The quantitative estimate of drug-likeness (QED) is 0.849. The molecule has 0 atom stereocenters. The number of nitrogens with one attached hydrogen (secondary N) is 2. The highest BCUT2D eigenvalue weighted by atomic mass is 16.1. The molecule has 6 heteroatoms. The van der Waals surface area contributed by atoms with Crippen LogP contribution in [0.3, 0.4) is 0 Å². The molecule has 1 amide bonds. The first-order chi connectivity index (χ1) is 9.08. The second-order valence-electron chi connectivity index (χ2n) is 4.87. The smallest absolute Gasteiger partial charge is 0.217 e. The van der Waals surface area contributed by atoms with Crippen LogP contribution in [-0.2, 0) is 4.79 Å². The van der Waals surface area contributed by atoms with Gasteiger partial charge in [0.15, 0.2) is 0 Å². The van der Waals surface area contributed by atoms with E-state index in [9.17, 15) is 4.79 Å². The van der Waals surface area contributed by atoms with Crippen LogP contribution in [0.2, 0.25) is 0 Å². The molecule has 0 aliphatic carbocycles. The Labute approximate surface area is 113 Å². The minimum Gasteiger partial charge on any atom is -0.373 e. The van der Waals surface area contributed by atoms with Gasteiger partial charge in [-0.2, -0.15) is 0 Å². The zero-order valence-corrected chi connectivity index (χ0v) is 11.7. The minimum absolute atomic E-state index is 0.0498. The standard InChI is InChI=1S/C13H21N5O/c1-9-15-12(14-3)8-13(16-9)18-6-4-11(5-7-18)17-10(2)19/h8,11H,4-7H2,1-3H3,(H,17,19)(H,14,15,16). The number of carbonyl (C=O) groups excluding carboxylic acids is 1. The lowest BCUT2D eigenvalue weighted by atomic mass is 10.1. The summed E-state index contributed by atoms with van der Waals surface area (Å²) in [5.41, 5.74) is 0. The van der Waals surface area contributed by atoms with E-state index in [0.717, 1.165) is 43.4 Å². The lowest BCUT2D eigenvalue weighted by molar-refractivity contribution is -0.119. The lowest BCUT2D eigenvalue weighted by Crippen LogP contribution is -2.44. The molecule has 2 heterocycles. The van der Waals surface area contributed by atoms with E-state index in [0.29, 0.717) is 6.04 Å². The molecule has 1 aromatic heterocycles. The lowest BCUT2D eigenvalue weighted by Gasteiger charge is -2.33. The molecule has 19 heavy (non-hydrogen) atoms. The minimum atomic E-state index is 0.0498. The third kappa shape index (κ3) is 3.56. The van der Waals surface area contributed by atoms with Crippen LogP contribution >= 0.6 is 0 Å². The molecule has 0 aromatic carbocycles. The molecule has 2 rings (SSSR count). The normalized spacial score (nSPS) is 16.3. The number of carbonyl (C=O) groups is 1. The number of rotatable bonds is 3. The maximum atomic E-state index is 11.0. The van der Waals surface area contributed by atoms with Gasteiger partial charge in [0.2, 0.25) is 5.91 Å². The van der Waals surface area contributed by atoms with Crippen molar-refractivity contribution in [1.82, 2.24) is 15.3 Å². The summed E-state index contributed by atoms with van der Waals surface area (Å²) >= 11 is 0. The summed E-state index contributed by atoms with van der Waals surface area (Å²) in [5.74, 6) is 2.62. The number of hydrogen-bond donors (Lipinski definition) is 2. The first-order valence-corrected chi connectivity index (χ1v) is 6.64. The molecular weight excluding hydrogens is 242 g/mol. The molecule has 0 saturated carbocycles. The van der Waals surface area contributed by atoms with Crippen LogP contribution in [0.15, 0.2) is 6.07 Å². The summed E-state index contributed by atoms with van der Waals surface area (Å²) in [5, 5.41) is 6.02. The van der Waals surface area contributed by atoms with E-state index in [2.05, 4.69) is 25.5 Å². The van der Waals surface area contributed by atoms with Gasteiger partial charge >= 0.3 is 0 Å². The number of aryl methyl sites for hydroxylation is 1. The Balaban J connectivity index is 2.01. The SMILES string of the molecule is CNc1cc(N2CCC(NC(C)=O)CC2)nc(C)n1. The van der Waals surface area contributed by atoms with Crippen LogP contribution in [-0.4, -0.2) is 42.1 Å². The second kappa shape index (κ2) is 5.86. The first kappa shape index (κ1) is 13.6. The molecule has 2 N–H and O–H groups in total. The van der Waals surface area contributed by atoms with E-state index < -0.39 is 0 Å². The van der Waals surface area contributed by atoms with Gasteiger partial charge in [-0.15, -0.1) is 0 Å². The Morgan fingerprint density at radius 1 is 1.37 bits per heavy atom. The summed E-state index contributed by atoms with van der Waals surface area (Å²) in [7, 11) is 1.86. The van der Waals surface area contributed by atoms with Gasteiger partial charge in [-0.3, -0.25) is 4.79 Å². The Hall–Kier alpha value is -1.85. The van der Waals surface area contributed by atoms with E-state index >= 15 is 0 Å². The molecule has 0 bridgehead atoms. The number of anilines is 2. The van der Waals surface area contributed by atoms with E-state index in [-0.39, 0.29) is 5.91 Å². The van der Waals surface area contributed by atoms with Crippen molar-refractivity contribution in [2.24, 2.45) is 0 Å². The number of nitrogens with zero attached hydrogens (tertiary/aromatic N) is 3. The molecule has 1 aromatic rings. The molecule has 1 aliphatic rings. The van der Waals surface area contributed by atoms with Crippen LogP contribution in [0.4, 0.5) is 11.6 Å². The average molecular weight is 263 g/mol. The molecule has 104 valence electrons. The van der Waals surface area contributed by atoms with Crippen molar-refractivity contribution in [2.45, 2.75) is 32.7 Å². The molecule has 0 unspecified atom stereocenters. The van der Waals surface area contributed by atoms with Crippen molar-refractivity contribution in [3.05, 3.63) is 11.9 Å². The largest absolute Gasteiger partial charge is 0.373 e. The Kier molecular flexibility index (Phi) is 4.19. The zero-order chi connectivity index (χ0) is 13.8. The number of hydrogen-bond acceptors (Lipinski definition) is 5. The fraction of sp³-hybridized carbons (Fsp3) is 0.615. The summed E-state index contributed by atoms with van der Waals surface area (Å²) < 4.78 is 0. The Morgan fingerprint density at radius 2 is 2.05 bits per heavy atom. The van der Waals surface area contributed by atoms with Crippen LogP contribution in [0, 0.1) is 6.92 Å². The Morgan fingerprint density at radius 3 is 2.63 bits per heavy atom. The number of piperidine rings is 1. The van der Waals surface area contributed by atoms with E-state index in [1.54, 1.807) is 6.92 Å². The predicted octanol–water partition coefficient (Wildman–Crippen LogP) is 0.932. The van der Waals surface area contributed by atoms with Crippen LogP contribution in [0.5, 0.6) is 0 Å². The van der Waals surface area contributed by atoms with Crippen LogP contribution in [0.25, 0.3) is 0 Å². The van der Waals surface area contributed by atoms with Gasteiger partial charge in [0.1, 0.15) is 17.5 Å². The highest BCUT2D eigenvalue weighted by Crippen LogP contribution is 2.20. The zero-order valence-electron chi connectivity index (χ0n) is 11.7. The highest BCUT2D eigenvalue weighted by Gasteiger charge is 2.21. The van der Waals surface area contributed by atoms with Crippen molar-refractivity contribution in [3.63, 3.8) is 0 Å². The topological polar surface area (TPSA) is 70.2 Å². The monoisotopic (exact) mass is 263 g/mol. The van der Waals surface area contributed by atoms with E-state index in [4.69, 9.17) is 0 Å². The van der Waals surface area contributed by atoms with Gasteiger partial charge in [0.05, 0.1) is 0 Å². The summed E-state index contributed by atoms with van der Waals surface area (Å²) in [4.78, 5) is 22.1. The second-order valence-corrected chi connectivity index (χ2v) is 4.87. The average Bonchev–Trinajstić information content (AvgIpc) is 2.38. The van der Waals surface area contributed by atoms with Gasteiger partial charge in [-0.05, 0) is 19.8 Å². The van der Waals surface area contributed by atoms with Gasteiger partial charge in [0, 0.05) is 39.2 Å². The number of amides is 1. The highest BCUT2D eigenvalue weighted by molar-refractivity contribution is 5.73. The summed E-state index contributed by atoms with van der Waals surface area (Å²) in [6, 6.07) is 2.26. The first-order valence-electron chi connectivity index (χ1n) is 6.64. The third-order valence-corrected chi connectivity index (χ3v) is 3.31. The van der Waals surface area contributed by atoms with Gasteiger partial charge in [0.25, 0.3) is 0 Å². The van der Waals surface area contributed by atoms with Crippen molar-refractivity contribution in [3.8, 4) is 0 Å². The molecular formula is C13H21N5O. The predicted molar refractivity (Wildman–Crippen MR) is 75.4 cm³/mol. The van der Waals surface area contributed by atoms with Gasteiger partial charge in [-0.1, -0.05) is 0 Å². The van der Waals surface area contributed by atoms with Crippen LogP contribution in [0.1, 0.15) is 25.6 Å². The van der Waals surface area contributed by atoms with Crippen molar-refractivity contribution in [1.29, 1.82) is 0 Å². The molecule has 0 radical (unpaired) electrons. The molecule has 1 saturated heterocycles. The molecule has 1 fully saturated rings. The summed E-state index contributed by atoms with van der Waals surface area (Å²) in [6.07, 6.45) is 1.91. The molecule has 0 spiro atoms. The van der Waals surface area contributed by atoms with Gasteiger partial charge in [-0.25, -0.2) is 9.97 Å². The Bertz CT molecular complexity index is 454. The number of aromatic nitrogens is 2. The molecule has 6 nitrogen and oxygen atoms in total. The van der Waals surface area contributed by atoms with E-state index in [1.165, 1.54) is 0 Å². The molecule has 1 aliphatic heterocycles. The van der Waals surface area contributed by atoms with Crippen molar-refractivity contribution < 1.29 is 4.79 Å². The fourth-order valence-electron chi connectivity index (χ4n) is 2.38.